The van der Waals surface area contributed by atoms with Crippen LogP contribution in [0.25, 0.3) is 0 Å². The first-order chi connectivity index (χ1) is 9.19. The lowest BCUT2D eigenvalue weighted by atomic mass is 10.0. The van der Waals surface area contributed by atoms with Crippen molar-refractivity contribution < 1.29 is 4.39 Å². The summed E-state index contributed by atoms with van der Waals surface area (Å²) in [6.45, 7) is 2.19. The van der Waals surface area contributed by atoms with Gasteiger partial charge in [0, 0.05) is 3.57 Å². The largest absolute Gasteiger partial charge is 0.206 e. The highest BCUT2D eigenvalue weighted by atomic mass is 127. The normalized spacial score (nSPS) is 10.7. The van der Waals surface area contributed by atoms with Gasteiger partial charge in [0.2, 0.25) is 0 Å². The van der Waals surface area contributed by atoms with Gasteiger partial charge in [0.05, 0.1) is 0 Å². The molecule has 0 atom stereocenters. The highest BCUT2D eigenvalue weighted by molar-refractivity contribution is 14.1. The van der Waals surface area contributed by atoms with Gasteiger partial charge in [-0.3, -0.25) is 0 Å². The minimum absolute atomic E-state index is 0.114. The molecule has 0 spiro atoms. The SMILES string of the molecule is CCCc1ccc(CCc2ccc(I)c(F)c2)cc1. The van der Waals surface area contributed by atoms with Crippen molar-refractivity contribution in [2.24, 2.45) is 0 Å². The lowest BCUT2D eigenvalue weighted by Gasteiger charge is -2.05. The first-order valence-electron chi connectivity index (χ1n) is 6.71. The summed E-state index contributed by atoms with van der Waals surface area (Å²) in [4.78, 5) is 0. The predicted octanol–water partition coefficient (Wildman–Crippen LogP) is 5.17. The summed E-state index contributed by atoms with van der Waals surface area (Å²) in [7, 11) is 0. The summed E-state index contributed by atoms with van der Waals surface area (Å²) in [5.74, 6) is -0.114. The van der Waals surface area contributed by atoms with Crippen LogP contribution in [0.2, 0.25) is 0 Å². The van der Waals surface area contributed by atoms with E-state index in [9.17, 15) is 4.39 Å². The van der Waals surface area contributed by atoms with Crippen LogP contribution in [0.4, 0.5) is 4.39 Å². The zero-order chi connectivity index (χ0) is 13.7. The molecule has 0 unspecified atom stereocenters. The van der Waals surface area contributed by atoms with Gasteiger partial charge in [-0.2, -0.15) is 0 Å². The van der Waals surface area contributed by atoms with E-state index < -0.39 is 0 Å². The van der Waals surface area contributed by atoms with Gasteiger partial charge in [-0.25, -0.2) is 4.39 Å². The monoisotopic (exact) mass is 368 g/mol. The topological polar surface area (TPSA) is 0 Å². The van der Waals surface area contributed by atoms with E-state index in [-0.39, 0.29) is 5.82 Å². The molecule has 0 fully saturated rings. The van der Waals surface area contributed by atoms with Gasteiger partial charge in [-0.05, 0) is 70.7 Å². The summed E-state index contributed by atoms with van der Waals surface area (Å²) >= 11 is 2.02. The molecule has 0 saturated heterocycles. The van der Waals surface area contributed by atoms with Gasteiger partial charge >= 0.3 is 0 Å². The Morgan fingerprint density at radius 1 is 0.842 bits per heavy atom. The fourth-order valence-electron chi connectivity index (χ4n) is 2.15. The molecule has 19 heavy (non-hydrogen) atoms. The standard InChI is InChI=1S/C17H18FI/c1-2-3-13-4-6-14(7-5-13)8-9-15-10-11-17(19)16(18)12-15/h4-7,10-12H,2-3,8-9H2,1H3. The third-order valence-corrected chi connectivity index (χ3v) is 4.12. The van der Waals surface area contributed by atoms with Crippen LogP contribution in [-0.4, -0.2) is 0 Å². The second-order valence-corrected chi connectivity index (χ2v) is 5.98. The Hall–Kier alpha value is -0.900. The van der Waals surface area contributed by atoms with Crippen LogP contribution < -0.4 is 0 Å². The van der Waals surface area contributed by atoms with Crippen LogP contribution in [0.15, 0.2) is 42.5 Å². The third kappa shape index (κ3) is 4.30. The van der Waals surface area contributed by atoms with Crippen molar-refractivity contribution in [3.8, 4) is 0 Å². The van der Waals surface area contributed by atoms with Crippen molar-refractivity contribution in [1.29, 1.82) is 0 Å². The predicted molar refractivity (Wildman–Crippen MR) is 87.0 cm³/mol. The summed E-state index contributed by atoms with van der Waals surface area (Å²) in [6, 6.07) is 14.3. The molecule has 100 valence electrons. The van der Waals surface area contributed by atoms with Crippen molar-refractivity contribution in [1.82, 2.24) is 0 Å². The molecular formula is C17H18FI. The van der Waals surface area contributed by atoms with Crippen molar-refractivity contribution in [2.45, 2.75) is 32.6 Å². The molecule has 0 N–H and O–H groups in total. The van der Waals surface area contributed by atoms with Crippen LogP contribution in [0.3, 0.4) is 0 Å². The maximum absolute atomic E-state index is 13.4. The van der Waals surface area contributed by atoms with Crippen LogP contribution in [0, 0.1) is 9.39 Å². The van der Waals surface area contributed by atoms with Gasteiger partial charge in [0.15, 0.2) is 0 Å². The second-order valence-electron chi connectivity index (χ2n) is 4.81. The molecule has 0 amide bonds. The Morgan fingerprint density at radius 2 is 1.37 bits per heavy atom. The van der Waals surface area contributed by atoms with Gasteiger partial charge in [0.1, 0.15) is 5.82 Å². The highest BCUT2D eigenvalue weighted by Crippen LogP contribution is 2.15. The van der Waals surface area contributed by atoms with E-state index >= 15 is 0 Å². The quantitative estimate of drug-likeness (QED) is 0.639. The second kappa shape index (κ2) is 7.04. The molecule has 0 nitrogen and oxygen atoms in total. The molecule has 0 saturated carbocycles. The van der Waals surface area contributed by atoms with E-state index in [4.69, 9.17) is 0 Å². The van der Waals surface area contributed by atoms with Crippen LogP contribution >= 0.6 is 22.6 Å². The zero-order valence-electron chi connectivity index (χ0n) is 11.1. The Balaban J connectivity index is 1.96. The zero-order valence-corrected chi connectivity index (χ0v) is 13.3. The average Bonchev–Trinajstić information content (AvgIpc) is 2.42. The maximum Gasteiger partial charge on any atom is 0.136 e. The van der Waals surface area contributed by atoms with Gasteiger partial charge in [0.25, 0.3) is 0 Å². The molecule has 0 aromatic heterocycles. The highest BCUT2D eigenvalue weighted by Gasteiger charge is 2.01. The van der Waals surface area contributed by atoms with E-state index in [2.05, 4.69) is 31.2 Å². The summed E-state index contributed by atoms with van der Waals surface area (Å²) < 4.78 is 14.1. The van der Waals surface area contributed by atoms with Gasteiger partial charge < -0.3 is 0 Å². The molecule has 0 aliphatic carbocycles. The summed E-state index contributed by atoms with van der Waals surface area (Å²) in [5.41, 5.74) is 3.78. The first kappa shape index (κ1) is 14.5. The third-order valence-electron chi connectivity index (χ3n) is 3.25. The number of hydrogen-bond donors (Lipinski definition) is 0. The smallest absolute Gasteiger partial charge is 0.136 e. The molecule has 2 rings (SSSR count). The van der Waals surface area contributed by atoms with E-state index in [1.165, 1.54) is 17.5 Å². The van der Waals surface area contributed by atoms with E-state index in [0.717, 1.165) is 24.8 Å². The minimum atomic E-state index is -0.114. The molecule has 0 radical (unpaired) electrons. The molecular weight excluding hydrogens is 350 g/mol. The van der Waals surface area contributed by atoms with E-state index in [1.807, 2.05) is 34.7 Å². The Kier molecular flexibility index (Phi) is 5.37. The van der Waals surface area contributed by atoms with Crippen molar-refractivity contribution in [2.75, 3.05) is 0 Å². The number of aryl methyl sites for hydroxylation is 3. The molecule has 0 bridgehead atoms. The minimum Gasteiger partial charge on any atom is -0.206 e. The molecule has 0 heterocycles. The Morgan fingerprint density at radius 3 is 1.95 bits per heavy atom. The Labute approximate surface area is 128 Å². The van der Waals surface area contributed by atoms with Crippen molar-refractivity contribution in [3.05, 3.63) is 68.5 Å². The lowest BCUT2D eigenvalue weighted by molar-refractivity contribution is 0.617. The first-order valence-corrected chi connectivity index (χ1v) is 7.78. The van der Waals surface area contributed by atoms with Crippen molar-refractivity contribution in [3.63, 3.8) is 0 Å². The maximum atomic E-state index is 13.4. The summed E-state index contributed by atoms with van der Waals surface area (Å²) in [6.07, 6.45) is 4.18. The van der Waals surface area contributed by atoms with Crippen LogP contribution in [-0.2, 0) is 19.3 Å². The fraction of sp³-hybridized carbons (Fsp3) is 0.294. The van der Waals surface area contributed by atoms with Crippen LogP contribution in [0.5, 0.6) is 0 Å². The number of benzene rings is 2. The molecule has 2 heteroatoms. The molecule has 0 aliphatic rings. The van der Waals surface area contributed by atoms with Gasteiger partial charge in [-0.15, -0.1) is 0 Å². The molecule has 0 aliphatic heterocycles. The van der Waals surface area contributed by atoms with Gasteiger partial charge in [-0.1, -0.05) is 43.7 Å². The average molecular weight is 368 g/mol. The number of halogens is 2. The van der Waals surface area contributed by atoms with Crippen LogP contribution in [0.1, 0.15) is 30.0 Å². The van der Waals surface area contributed by atoms with E-state index in [1.54, 1.807) is 6.07 Å². The number of rotatable bonds is 5. The number of hydrogen-bond acceptors (Lipinski definition) is 0. The lowest BCUT2D eigenvalue weighted by Crippen LogP contribution is -1.94. The molecule has 2 aromatic rings. The Bertz CT molecular complexity index is 531. The molecule has 2 aromatic carbocycles. The summed E-state index contributed by atoms with van der Waals surface area (Å²) in [5, 5.41) is 0. The van der Waals surface area contributed by atoms with Crippen molar-refractivity contribution >= 4 is 22.6 Å². The van der Waals surface area contributed by atoms with E-state index in [0.29, 0.717) is 3.57 Å². The fourth-order valence-corrected chi connectivity index (χ4v) is 2.48.